The summed E-state index contributed by atoms with van der Waals surface area (Å²) in [6, 6.07) is 5.55. The molecule has 22 heavy (non-hydrogen) atoms. The quantitative estimate of drug-likeness (QED) is 0.546. The molecule has 0 radical (unpaired) electrons. The van der Waals surface area contributed by atoms with Crippen LogP contribution in [-0.2, 0) is 26.4 Å². The number of halogens is 1. The van der Waals surface area contributed by atoms with Crippen molar-refractivity contribution in [3.8, 4) is 0 Å². The molecule has 2 rings (SSSR count). The highest BCUT2D eigenvalue weighted by atomic mass is 79.9. The summed E-state index contributed by atoms with van der Waals surface area (Å²) in [6.07, 6.45) is 4.57. The zero-order chi connectivity index (χ0) is 16.1. The summed E-state index contributed by atoms with van der Waals surface area (Å²) in [7, 11) is 0. The largest absolute Gasteiger partial charge is 0.772 e. The lowest BCUT2D eigenvalue weighted by Crippen LogP contribution is -2.18. The molecule has 0 bridgehead atoms. The molecule has 0 N–H and O–H groups in total. The number of hydrogen-bond acceptors (Lipinski definition) is 4. The van der Waals surface area contributed by atoms with Gasteiger partial charge in [-0.15, -0.1) is 0 Å². The van der Waals surface area contributed by atoms with Crippen molar-refractivity contribution in [2.24, 2.45) is 5.92 Å². The summed E-state index contributed by atoms with van der Waals surface area (Å²) in [5, 5.41) is 0. The standard InChI is InChI=1S/C16H21BrO4S/c1-2-15(18)21-16(11-5-3-4-6-11)12-7-8-13(10-22(19)20)14(17)9-12/h7-9,11,16H,2-6,10H2,1H3,(H,19,20)/p-1. The molecule has 1 saturated carbocycles. The Kier molecular flexibility index (Phi) is 6.59. The van der Waals surface area contributed by atoms with Crippen LogP contribution in [0.1, 0.15) is 56.3 Å². The van der Waals surface area contributed by atoms with Gasteiger partial charge >= 0.3 is 5.97 Å². The predicted octanol–water partition coefficient (Wildman–Crippen LogP) is 4.01. The fourth-order valence-electron chi connectivity index (χ4n) is 2.91. The Hall–Kier alpha value is -0.720. The number of carbonyl (C=O) groups is 1. The van der Waals surface area contributed by atoms with Gasteiger partial charge in [0, 0.05) is 22.6 Å². The molecular weight excluding hydrogens is 368 g/mol. The lowest BCUT2D eigenvalue weighted by Gasteiger charge is -2.24. The van der Waals surface area contributed by atoms with E-state index >= 15 is 0 Å². The summed E-state index contributed by atoms with van der Waals surface area (Å²) < 4.78 is 28.1. The molecule has 2 atom stereocenters. The van der Waals surface area contributed by atoms with Crippen molar-refractivity contribution in [3.05, 3.63) is 33.8 Å². The van der Waals surface area contributed by atoms with Gasteiger partial charge in [-0.1, -0.05) is 58.9 Å². The van der Waals surface area contributed by atoms with E-state index in [0.717, 1.165) is 22.9 Å². The van der Waals surface area contributed by atoms with E-state index in [1.165, 1.54) is 12.8 Å². The summed E-state index contributed by atoms with van der Waals surface area (Å²) in [5.74, 6) is 0.128. The van der Waals surface area contributed by atoms with Crippen LogP contribution in [0.3, 0.4) is 0 Å². The first-order chi connectivity index (χ1) is 10.5. The Labute approximate surface area is 142 Å². The van der Waals surface area contributed by atoms with E-state index in [9.17, 15) is 13.6 Å². The van der Waals surface area contributed by atoms with Crippen molar-refractivity contribution in [1.29, 1.82) is 0 Å². The van der Waals surface area contributed by atoms with Crippen molar-refractivity contribution < 1.29 is 18.3 Å². The van der Waals surface area contributed by atoms with E-state index in [0.29, 0.717) is 17.9 Å². The Morgan fingerprint density at radius 3 is 2.68 bits per heavy atom. The first-order valence-corrected chi connectivity index (χ1v) is 9.58. The molecule has 0 aliphatic heterocycles. The highest BCUT2D eigenvalue weighted by Crippen LogP contribution is 2.39. The maximum Gasteiger partial charge on any atom is 0.306 e. The second kappa shape index (κ2) is 8.22. The second-order valence-electron chi connectivity index (χ2n) is 5.61. The summed E-state index contributed by atoms with van der Waals surface area (Å²) in [5.41, 5.74) is 1.64. The topological polar surface area (TPSA) is 66.4 Å². The van der Waals surface area contributed by atoms with Gasteiger partial charge in [-0.25, -0.2) is 0 Å². The van der Waals surface area contributed by atoms with Gasteiger partial charge < -0.3 is 9.29 Å². The third-order valence-electron chi connectivity index (χ3n) is 4.05. The van der Waals surface area contributed by atoms with Crippen molar-refractivity contribution in [3.63, 3.8) is 0 Å². The number of benzene rings is 1. The molecule has 0 saturated heterocycles. The predicted molar refractivity (Wildman–Crippen MR) is 87.8 cm³/mol. The molecule has 0 spiro atoms. The smallest absolute Gasteiger partial charge is 0.306 e. The van der Waals surface area contributed by atoms with E-state index in [4.69, 9.17) is 4.74 Å². The van der Waals surface area contributed by atoms with Gasteiger partial charge in [-0.05, 0) is 30.0 Å². The van der Waals surface area contributed by atoms with Crippen LogP contribution in [0.15, 0.2) is 22.7 Å². The molecule has 0 aromatic heterocycles. The highest BCUT2D eigenvalue weighted by molar-refractivity contribution is 9.10. The van der Waals surface area contributed by atoms with Crippen LogP contribution in [0, 0.1) is 5.92 Å². The molecule has 0 heterocycles. The van der Waals surface area contributed by atoms with Crippen LogP contribution >= 0.6 is 15.9 Å². The minimum absolute atomic E-state index is 0.0241. The Bertz CT molecular complexity index is 555. The summed E-state index contributed by atoms with van der Waals surface area (Å²) >= 11 is 1.30. The molecule has 1 aromatic carbocycles. The first-order valence-electron chi connectivity index (χ1n) is 7.55. The molecule has 1 aliphatic rings. The maximum atomic E-state index is 11.7. The third kappa shape index (κ3) is 4.64. The molecule has 4 nitrogen and oxygen atoms in total. The fraction of sp³-hybridized carbons (Fsp3) is 0.562. The summed E-state index contributed by atoms with van der Waals surface area (Å²) in [6.45, 7) is 1.79. The van der Waals surface area contributed by atoms with Gasteiger partial charge in [0.25, 0.3) is 0 Å². The molecule has 0 amide bonds. The van der Waals surface area contributed by atoms with Gasteiger partial charge in [0.15, 0.2) is 0 Å². The van der Waals surface area contributed by atoms with Crippen molar-refractivity contribution in [1.82, 2.24) is 0 Å². The number of hydrogen-bond donors (Lipinski definition) is 0. The maximum absolute atomic E-state index is 11.7. The van der Waals surface area contributed by atoms with Gasteiger partial charge in [0.05, 0.1) is 0 Å². The number of esters is 1. The van der Waals surface area contributed by atoms with Crippen LogP contribution in [0.5, 0.6) is 0 Å². The molecule has 1 aliphatic carbocycles. The van der Waals surface area contributed by atoms with Crippen LogP contribution in [0.4, 0.5) is 0 Å². The van der Waals surface area contributed by atoms with Crippen LogP contribution in [-0.4, -0.2) is 14.7 Å². The number of carbonyl (C=O) groups excluding carboxylic acids is 1. The average molecular weight is 388 g/mol. The third-order valence-corrected chi connectivity index (χ3v) is 5.34. The Balaban J connectivity index is 2.24. The zero-order valence-electron chi connectivity index (χ0n) is 12.5. The van der Waals surface area contributed by atoms with Crippen LogP contribution < -0.4 is 0 Å². The molecule has 1 aromatic rings. The van der Waals surface area contributed by atoms with Crippen molar-refractivity contribution >= 4 is 33.0 Å². The fourth-order valence-corrected chi connectivity index (χ4v) is 4.13. The van der Waals surface area contributed by atoms with E-state index in [1.54, 1.807) is 13.0 Å². The number of ether oxygens (including phenoxy) is 1. The lowest BCUT2D eigenvalue weighted by atomic mass is 9.93. The second-order valence-corrected chi connectivity index (χ2v) is 7.36. The molecular formula is C16H20BrO4S-. The SMILES string of the molecule is CCC(=O)OC(c1ccc(CS(=O)[O-])c(Br)c1)C1CCCC1. The lowest BCUT2D eigenvalue weighted by molar-refractivity contribution is -0.152. The van der Waals surface area contributed by atoms with E-state index in [2.05, 4.69) is 15.9 Å². The van der Waals surface area contributed by atoms with Crippen molar-refractivity contribution in [2.45, 2.75) is 50.9 Å². The Morgan fingerprint density at radius 2 is 2.14 bits per heavy atom. The first kappa shape index (κ1) is 17.6. The van der Waals surface area contributed by atoms with E-state index < -0.39 is 11.1 Å². The highest BCUT2D eigenvalue weighted by Gasteiger charge is 2.29. The van der Waals surface area contributed by atoms with Crippen LogP contribution in [0.2, 0.25) is 0 Å². The minimum Gasteiger partial charge on any atom is -0.772 e. The number of rotatable bonds is 6. The van der Waals surface area contributed by atoms with E-state index in [1.807, 2.05) is 12.1 Å². The molecule has 6 heteroatoms. The average Bonchev–Trinajstić information content (AvgIpc) is 3.00. The molecule has 1 fully saturated rings. The Morgan fingerprint density at radius 1 is 1.45 bits per heavy atom. The molecule has 2 unspecified atom stereocenters. The summed E-state index contributed by atoms with van der Waals surface area (Å²) in [4.78, 5) is 11.7. The van der Waals surface area contributed by atoms with E-state index in [-0.39, 0.29) is 17.8 Å². The van der Waals surface area contributed by atoms with Gasteiger partial charge in [0.2, 0.25) is 0 Å². The molecule has 122 valence electrons. The van der Waals surface area contributed by atoms with Gasteiger partial charge in [0.1, 0.15) is 6.10 Å². The minimum atomic E-state index is -2.12. The zero-order valence-corrected chi connectivity index (χ0v) is 15.0. The monoisotopic (exact) mass is 387 g/mol. The van der Waals surface area contributed by atoms with Gasteiger partial charge in [-0.3, -0.25) is 9.00 Å². The normalized spacial score (nSPS) is 18.1. The van der Waals surface area contributed by atoms with Crippen LogP contribution in [0.25, 0.3) is 0 Å². The van der Waals surface area contributed by atoms with Crippen molar-refractivity contribution in [2.75, 3.05) is 0 Å². The van der Waals surface area contributed by atoms with Gasteiger partial charge in [-0.2, -0.15) is 0 Å².